The Labute approximate surface area is 145 Å². The first-order chi connectivity index (χ1) is 11.8. The van der Waals surface area contributed by atoms with Crippen LogP contribution in [0.2, 0.25) is 0 Å². The second kappa shape index (κ2) is 6.64. The van der Waals surface area contributed by atoms with E-state index in [1.807, 2.05) is 0 Å². The number of nitrogens with one attached hydrogen (secondary N) is 1. The largest absolute Gasteiger partial charge is 0.504 e. The fourth-order valence-corrected chi connectivity index (χ4v) is 3.01. The predicted molar refractivity (Wildman–Crippen MR) is 89.7 cm³/mol. The maximum Gasteiger partial charge on any atom is 0.416 e. The Hall–Kier alpha value is -2.74. The van der Waals surface area contributed by atoms with Gasteiger partial charge < -0.3 is 15.5 Å². The van der Waals surface area contributed by atoms with Gasteiger partial charge in [0.2, 0.25) is 0 Å². The lowest BCUT2D eigenvalue weighted by atomic mass is 10.1. The Morgan fingerprint density at radius 3 is 2.52 bits per heavy atom. The third-order valence-electron chi connectivity index (χ3n) is 3.53. The van der Waals surface area contributed by atoms with Crippen LogP contribution in [0.3, 0.4) is 0 Å². The summed E-state index contributed by atoms with van der Waals surface area (Å²) in [6.45, 7) is -0.0105. The Bertz CT molecular complexity index is 894. The van der Waals surface area contributed by atoms with Crippen molar-refractivity contribution in [1.82, 2.24) is 4.98 Å². The molecule has 3 N–H and O–H groups in total. The number of aromatic hydroxyl groups is 2. The van der Waals surface area contributed by atoms with Gasteiger partial charge >= 0.3 is 6.18 Å². The zero-order valence-corrected chi connectivity index (χ0v) is 13.5. The van der Waals surface area contributed by atoms with Gasteiger partial charge in [0, 0.05) is 17.5 Å². The maximum absolute atomic E-state index is 13.0. The number of thiazole rings is 1. The highest BCUT2D eigenvalue weighted by Gasteiger charge is 2.32. The summed E-state index contributed by atoms with van der Waals surface area (Å²) >= 11 is 1.24. The lowest BCUT2D eigenvalue weighted by molar-refractivity contribution is -0.138. The van der Waals surface area contributed by atoms with E-state index < -0.39 is 11.7 Å². The molecule has 2 aromatic carbocycles. The van der Waals surface area contributed by atoms with Gasteiger partial charge in [-0.25, -0.2) is 4.98 Å². The minimum absolute atomic E-state index is 0.0105. The van der Waals surface area contributed by atoms with Crippen LogP contribution in [-0.4, -0.2) is 15.2 Å². The molecule has 3 aromatic rings. The van der Waals surface area contributed by atoms with Gasteiger partial charge in [-0.1, -0.05) is 18.2 Å². The molecule has 1 heterocycles. The van der Waals surface area contributed by atoms with Crippen LogP contribution in [0.5, 0.6) is 11.5 Å². The van der Waals surface area contributed by atoms with E-state index in [9.17, 15) is 23.4 Å². The van der Waals surface area contributed by atoms with E-state index in [0.717, 1.165) is 6.07 Å². The van der Waals surface area contributed by atoms with Crippen LogP contribution in [-0.2, 0) is 12.7 Å². The summed E-state index contributed by atoms with van der Waals surface area (Å²) in [5.41, 5.74) is 0.596. The van der Waals surface area contributed by atoms with Crippen molar-refractivity contribution in [3.05, 3.63) is 59.0 Å². The standard InChI is InChI=1S/C17H13F3N2O2S/c18-17(19,20)12-4-2-1-3-11(12)8-21-16-22-13(9-25-16)10-5-6-14(23)15(24)7-10/h1-7,9,23-24H,8H2,(H,21,22). The summed E-state index contributed by atoms with van der Waals surface area (Å²) < 4.78 is 39.0. The van der Waals surface area contributed by atoms with Crippen molar-refractivity contribution in [2.75, 3.05) is 5.32 Å². The number of hydrogen-bond donors (Lipinski definition) is 3. The molecule has 8 heteroatoms. The van der Waals surface area contributed by atoms with Crippen LogP contribution >= 0.6 is 11.3 Å². The second-order valence-electron chi connectivity index (χ2n) is 5.25. The SMILES string of the molecule is Oc1ccc(-c2csc(NCc3ccccc3C(F)(F)F)n2)cc1O. The summed E-state index contributed by atoms with van der Waals surface area (Å²) in [4.78, 5) is 4.29. The number of halogens is 3. The molecule has 130 valence electrons. The summed E-state index contributed by atoms with van der Waals surface area (Å²) in [5, 5.41) is 23.9. The molecular formula is C17H13F3N2O2S. The van der Waals surface area contributed by atoms with Crippen LogP contribution in [0.1, 0.15) is 11.1 Å². The van der Waals surface area contributed by atoms with Crippen molar-refractivity contribution >= 4 is 16.5 Å². The molecule has 0 amide bonds. The van der Waals surface area contributed by atoms with Crippen LogP contribution in [0.4, 0.5) is 18.3 Å². The summed E-state index contributed by atoms with van der Waals surface area (Å²) in [6.07, 6.45) is -4.41. The molecule has 0 saturated heterocycles. The van der Waals surface area contributed by atoms with Gasteiger partial charge in [-0.2, -0.15) is 13.2 Å². The molecular weight excluding hydrogens is 353 g/mol. The number of hydrogen-bond acceptors (Lipinski definition) is 5. The molecule has 0 saturated carbocycles. The number of rotatable bonds is 4. The fourth-order valence-electron chi connectivity index (χ4n) is 2.29. The monoisotopic (exact) mass is 366 g/mol. The van der Waals surface area contributed by atoms with Gasteiger partial charge in [0.25, 0.3) is 0 Å². The number of aromatic nitrogens is 1. The van der Waals surface area contributed by atoms with Crippen molar-refractivity contribution in [2.24, 2.45) is 0 Å². The van der Waals surface area contributed by atoms with Crippen molar-refractivity contribution in [2.45, 2.75) is 12.7 Å². The van der Waals surface area contributed by atoms with Crippen molar-refractivity contribution in [3.63, 3.8) is 0 Å². The first-order valence-electron chi connectivity index (χ1n) is 7.21. The summed E-state index contributed by atoms with van der Waals surface area (Å²) in [6, 6.07) is 9.67. The third-order valence-corrected chi connectivity index (χ3v) is 4.33. The van der Waals surface area contributed by atoms with E-state index in [1.54, 1.807) is 17.5 Å². The molecule has 0 radical (unpaired) electrons. The number of nitrogens with zero attached hydrogens (tertiary/aromatic N) is 1. The molecule has 0 spiro atoms. The minimum atomic E-state index is -4.41. The smallest absolute Gasteiger partial charge is 0.416 e. The molecule has 3 rings (SSSR count). The molecule has 4 nitrogen and oxygen atoms in total. The Kier molecular flexibility index (Phi) is 4.54. The molecule has 0 aliphatic rings. The van der Waals surface area contributed by atoms with Crippen LogP contribution in [0.15, 0.2) is 47.8 Å². The highest BCUT2D eigenvalue weighted by molar-refractivity contribution is 7.14. The topological polar surface area (TPSA) is 65.4 Å². The third kappa shape index (κ3) is 3.85. The van der Waals surface area contributed by atoms with Gasteiger partial charge in [0.15, 0.2) is 16.6 Å². The lowest BCUT2D eigenvalue weighted by Crippen LogP contribution is -2.11. The van der Waals surface area contributed by atoms with Gasteiger partial charge in [-0.15, -0.1) is 11.3 Å². The average Bonchev–Trinajstić information content (AvgIpc) is 3.04. The molecule has 0 unspecified atom stereocenters. The molecule has 1 aromatic heterocycles. The predicted octanol–water partition coefficient (Wildman–Crippen LogP) is 4.85. The van der Waals surface area contributed by atoms with Crippen molar-refractivity contribution < 1.29 is 23.4 Å². The lowest BCUT2D eigenvalue weighted by Gasteiger charge is -2.12. The summed E-state index contributed by atoms with van der Waals surface area (Å²) in [5.74, 6) is -0.500. The van der Waals surface area contributed by atoms with Crippen LogP contribution in [0, 0.1) is 0 Å². The number of phenolic OH excluding ortho intramolecular Hbond substituents is 2. The molecule has 25 heavy (non-hydrogen) atoms. The van der Waals surface area contributed by atoms with Gasteiger partial charge in [0.05, 0.1) is 11.3 Å². The van der Waals surface area contributed by atoms with E-state index in [2.05, 4.69) is 10.3 Å². The maximum atomic E-state index is 13.0. The minimum Gasteiger partial charge on any atom is -0.504 e. The normalized spacial score (nSPS) is 11.5. The zero-order valence-electron chi connectivity index (χ0n) is 12.7. The highest BCUT2D eigenvalue weighted by Crippen LogP contribution is 2.34. The first kappa shape index (κ1) is 17.1. The van der Waals surface area contributed by atoms with E-state index in [-0.39, 0.29) is 23.6 Å². The van der Waals surface area contributed by atoms with Crippen molar-refractivity contribution in [1.29, 1.82) is 0 Å². The van der Waals surface area contributed by atoms with E-state index in [0.29, 0.717) is 16.4 Å². The Morgan fingerprint density at radius 1 is 1.04 bits per heavy atom. The molecule has 0 aliphatic carbocycles. The Balaban J connectivity index is 1.76. The Morgan fingerprint density at radius 2 is 1.80 bits per heavy atom. The van der Waals surface area contributed by atoms with Crippen LogP contribution in [0.25, 0.3) is 11.3 Å². The van der Waals surface area contributed by atoms with Gasteiger partial charge in [-0.3, -0.25) is 0 Å². The van der Waals surface area contributed by atoms with Gasteiger partial charge in [0.1, 0.15) is 0 Å². The van der Waals surface area contributed by atoms with Crippen molar-refractivity contribution in [3.8, 4) is 22.8 Å². The molecule has 0 aliphatic heterocycles. The number of alkyl halides is 3. The highest BCUT2D eigenvalue weighted by atomic mass is 32.1. The fraction of sp³-hybridized carbons (Fsp3) is 0.118. The average molecular weight is 366 g/mol. The number of benzene rings is 2. The van der Waals surface area contributed by atoms with E-state index in [1.165, 1.54) is 35.6 Å². The zero-order chi connectivity index (χ0) is 18.0. The van der Waals surface area contributed by atoms with E-state index in [4.69, 9.17) is 0 Å². The summed E-state index contributed by atoms with van der Waals surface area (Å²) in [7, 11) is 0. The molecule has 0 fully saturated rings. The number of phenols is 2. The number of anilines is 1. The van der Waals surface area contributed by atoms with Gasteiger partial charge in [-0.05, 0) is 29.8 Å². The second-order valence-corrected chi connectivity index (χ2v) is 6.11. The quantitative estimate of drug-likeness (QED) is 0.578. The molecule has 0 atom stereocenters. The van der Waals surface area contributed by atoms with Crippen LogP contribution < -0.4 is 5.32 Å². The molecule has 0 bridgehead atoms. The first-order valence-corrected chi connectivity index (χ1v) is 8.09. The van der Waals surface area contributed by atoms with E-state index >= 15 is 0 Å².